The van der Waals surface area contributed by atoms with Crippen LogP contribution in [0.4, 0.5) is 11.4 Å². The zero-order valence-corrected chi connectivity index (χ0v) is 17.6. The highest BCUT2D eigenvalue weighted by Crippen LogP contribution is 2.27. The van der Waals surface area contributed by atoms with Gasteiger partial charge >= 0.3 is 0 Å². The molecular weight excluding hydrogens is 439 g/mol. The summed E-state index contributed by atoms with van der Waals surface area (Å²) in [6.45, 7) is 4.02. The Morgan fingerprint density at radius 2 is 1.79 bits per heavy atom. The van der Waals surface area contributed by atoms with Crippen LogP contribution < -0.4 is 5.32 Å². The molecule has 0 radical (unpaired) electrons. The first-order chi connectivity index (χ1) is 13.7. The van der Waals surface area contributed by atoms with Crippen LogP contribution in [0.25, 0.3) is 0 Å². The number of amides is 1. The molecule has 10 heteroatoms. The van der Waals surface area contributed by atoms with E-state index >= 15 is 0 Å². The highest BCUT2D eigenvalue weighted by molar-refractivity contribution is 6.42. The summed E-state index contributed by atoms with van der Waals surface area (Å²) in [5.41, 5.74) is 2.56. The number of nitro benzene ring substituents is 1. The van der Waals surface area contributed by atoms with E-state index in [2.05, 4.69) is 10.4 Å². The summed E-state index contributed by atoms with van der Waals surface area (Å²) in [4.78, 5) is 23.0. The summed E-state index contributed by atoms with van der Waals surface area (Å²) < 4.78 is 1.73. The fourth-order valence-corrected chi connectivity index (χ4v) is 3.33. The summed E-state index contributed by atoms with van der Waals surface area (Å²) in [6, 6.07) is 9.20. The maximum atomic E-state index is 12.6. The fraction of sp³-hybridized carbons (Fsp3) is 0.158. The lowest BCUT2D eigenvalue weighted by atomic mass is 10.1. The van der Waals surface area contributed by atoms with E-state index in [-0.39, 0.29) is 16.3 Å². The van der Waals surface area contributed by atoms with Crippen LogP contribution in [0.5, 0.6) is 0 Å². The quantitative estimate of drug-likeness (QED) is 0.398. The number of nitro groups is 1. The number of hydrogen-bond donors (Lipinski definition) is 1. The molecule has 0 saturated carbocycles. The molecule has 150 valence electrons. The van der Waals surface area contributed by atoms with E-state index in [0.717, 1.165) is 17.3 Å². The third-order valence-corrected chi connectivity index (χ3v) is 5.40. The number of halogens is 3. The molecule has 3 aromatic rings. The van der Waals surface area contributed by atoms with E-state index in [1.807, 2.05) is 13.0 Å². The van der Waals surface area contributed by atoms with Gasteiger partial charge in [0.2, 0.25) is 0 Å². The highest BCUT2D eigenvalue weighted by atomic mass is 35.5. The molecule has 0 aliphatic carbocycles. The first-order valence-electron chi connectivity index (χ1n) is 8.40. The number of nitrogens with one attached hydrogen (secondary N) is 1. The van der Waals surface area contributed by atoms with Gasteiger partial charge < -0.3 is 5.32 Å². The number of aromatic nitrogens is 2. The maximum Gasteiger partial charge on any atom is 0.288 e. The summed E-state index contributed by atoms with van der Waals surface area (Å²) >= 11 is 17.8. The molecule has 1 heterocycles. The van der Waals surface area contributed by atoms with E-state index in [4.69, 9.17) is 34.8 Å². The predicted octanol–water partition coefficient (Wildman–Crippen LogP) is 5.67. The van der Waals surface area contributed by atoms with Gasteiger partial charge in [0.05, 0.1) is 38.6 Å². The van der Waals surface area contributed by atoms with Gasteiger partial charge in [-0.25, -0.2) is 0 Å². The molecule has 3 rings (SSSR count). The average Bonchev–Trinajstić information content (AvgIpc) is 2.92. The van der Waals surface area contributed by atoms with E-state index in [0.29, 0.717) is 28.0 Å². The number of aryl methyl sites for hydroxylation is 1. The number of carbonyl (C=O) groups excluding carboxylic acids is 1. The Balaban J connectivity index is 1.85. The number of rotatable bonds is 5. The van der Waals surface area contributed by atoms with Crippen LogP contribution in [-0.2, 0) is 6.54 Å². The largest absolute Gasteiger partial charge is 0.319 e. The van der Waals surface area contributed by atoms with E-state index in [1.54, 1.807) is 23.7 Å². The fourth-order valence-electron chi connectivity index (χ4n) is 2.82. The lowest BCUT2D eigenvalue weighted by Crippen LogP contribution is -2.13. The van der Waals surface area contributed by atoms with E-state index < -0.39 is 10.8 Å². The Morgan fingerprint density at radius 1 is 1.10 bits per heavy atom. The van der Waals surface area contributed by atoms with Crippen LogP contribution in [0.1, 0.15) is 27.3 Å². The van der Waals surface area contributed by atoms with Crippen LogP contribution in [0.3, 0.4) is 0 Å². The third-order valence-electron chi connectivity index (χ3n) is 4.34. The first kappa shape index (κ1) is 21.1. The summed E-state index contributed by atoms with van der Waals surface area (Å²) in [7, 11) is 0. The zero-order chi connectivity index (χ0) is 21.3. The highest BCUT2D eigenvalue weighted by Gasteiger charge is 2.19. The van der Waals surface area contributed by atoms with Gasteiger partial charge in [-0.3, -0.25) is 19.6 Å². The molecule has 0 atom stereocenters. The SMILES string of the molecule is Cc1nn(Cc2ccc(Cl)c(Cl)c2)c(C)c1NC(=O)c1ccc(Cl)c([N+](=O)[O-])c1. The molecule has 0 spiro atoms. The zero-order valence-electron chi connectivity index (χ0n) is 15.4. The van der Waals surface area contributed by atoms with Crippen molar-refractivity contribution in [1.29, 1.82) is 0 Å². The van der Waals surface area contributed by atoms with Gasteiger partial charge in [0, 0.05) is 11.6 Å². The number of anilines is 1. The molecular formula is C19H15Cl3N4O3. The lowest BCUT2D eigenvalue weighted by molar-refractivity contribution is -0.384. The minimum Gasteiger partial charge on any atom is -0.319 e. The Hall–Kier alpha value is -2.61. The van der Waals surface area contributed by atoms with Gasteiger partial charge in [-0.05, 0) is 43.7 Å². The first-order valence-corrected chi connectivity index (χ1v) is 9.54. The van der Waals surface area contributed by atoms with Crippen LogP contribution in [0, 0.1) is 24.0 Å². The normalized spacial score (nSPS) is 10.8. The van der Waals surface area contributed by atoms with E-state index in [9.17, 15) is 14.9 Å². The molecule has 0 bridgehead atoms. The average molecular weight is 454 g/mol. The Labute approximate surface area is 181 Å². The van der Waals surface area contributed by atoms with Crippen LogP contribution in [0.2, 0.25) is 15.1 Å². The topological polar surface area (TPSA) is 90.1 Å². The van der Waals surface area contributed by atoms with Crippen molar-refractivity contribution < 1.29 is 9.72 Å². The Kier molecular flexibility index (Phi) is 6.12. The summed E-state index contributed by atoms with van der Waals surface area (Å²) in [5, 5.41) is 19.2. The molecule has 2 aromatic carbocycles. The molecule has 0 aliphatic heterocycles. The van der Waals surface area contributed by atoms with Crippen molar-refractivity contribution in [3.05, 3.63) is 84.1 Å². The molecule has 1 aromatic heterocycles. The van der Waals surface area contributed by atoms with Crippen LogP contribution in [0.15, 0.2) is 36.4 Å². The second-order valence-electron chi connectivity index (χ2n) is 6.33. The van der Waals surface area contributed by atoms with Crippen molar-refractivity contribution >= 4 is 52.1 Å². The standard InChI is InChI=1S/C19H15Cl3N4O3/c1-10-18(23-19(27)13-4-6-15(21)17(8-13)26(28)29)11(2)25(24-10)9-12-3-5-14(20)16(22)7-12/h3-8H,9H2,1-2H3,(H,23,27). The molecule has 0 aliphatic rings. The van der Waals surface area contributed by atoms with Crippen molar-refractivity contribution in [2.45, 2.75) is 20.4 Å². The second-order valence-corrected chi connectivity index (χ2v) is 7.55. The molecule has 1 amide bonds. The number of hydrogen-bond acceptors (Lipinski definition) is 4. The molecule has 0 saturated heterocycles. The van der Waals surface area contributed by atoms with Gasteiger partial charge in [-0.15, -0.1) is 0 Å². The van der Waals surface area contributed by atoms with Gasteiger partial charge in [-0.1, -0.05) is 40.9 Å². The van der Waals surface area contributed by atoms with Crippen molar-refractivity contribution in [2.75, 3.05) is 5.32 Å². The van der Waals surface area contributed by atoms with Gasteiger partial charge in [0.1, 0.15) is 5.02 Å². The monoisotopic (exact) mass is 452 g/mol. The minimum atomic E-state index is -0.634. The lowest BCUT2D eigenvalue weighted by Gasteiger charge is -2.08. The van der Waals surface area contributed by atoms with E-state index in [1.165, 1.54) is 12.1 Å². The second kappa shape index (κ2) is 8.41. The molecule has 29 heavy (non-hydrogen) atoms. The smallest absolute Gasteiger partial charge is 0.288 e. The number of nitrogens with zero attached hydrogens (tertiary/aromatic N) is 3. The van der Waals surface area contributed by atoms with Crippen LogP contribution in [-0.4, -0.2) is 20.6 Å². The van der Waals surface area contributed by atoms with Crippen LogP contribution >= 0.6 is 34.8 Å². The summed E-state index contributed by atoms with van der Waals surface area (Å²) in [6.07, 6.45) is 0. The van der Waals surface area contributed by atoms with Crippen molar-refractivity contribution in [1.82, 2.24) is 9.78 Å². The van der Waals surface area contributed by atoms with Crippen molar-refractivity contribution in [2.24, 2.45) is 0 Å². The van der Waals surface area contributed by atoms with Crippen molar-refractivity contribution in [3.8, 4) is 0 Å². The molecule has 7 nitrogen and oxygen atoms in total. The predicted molar refractivity (Wildman–Crippen MR) is 113 cm³/mol. The Bertz CT molecular complexity index is 1130. The number of carbonyl (C=O) groups is 1. The molecule has 0 fully saturated rings. The molecule has 1 N–H and O–H groups in total. The number of benzene rings is 2. The third kappa shape index (κ3) is 4.53. The maximum absolute atomic E-state index is 12.6. The Morgan fingerprint density at radius 3 is 2.45 bits per heavy atom. The van der Waals surface area contributed by atoms with Gasteiger partial charge in [-0.2, -0.15) is 5.10 Å². The summed E-state index contributed by atoms with van der Waals surface area (Å²) in [5.74, 6) is -0.495. The minimum absolute atomic E-state index is 0.0339. The van der Waals surface area contributed by atoms with Gasteiger partial charge in [0.15, 0.2) is 0 Å². The van der Waals surface area contributed by atoms with Crippen molar-refractivity contribution in [3.63, 3.8) is 0 Å². The van der Waals surface area contributed by atoms with Gasteiger partial charge in [0.25, 0.3) is 11.6 Å². The molecule has 0 unspecified atom stereocenters.